The number of nitrogens with one attached hydrogen (secondary N) is 1. The van der Waals surface area contributed by atoms with E-state index in [9.17, 15) is 4.79 Å². The van der Waals surface area contributed by atoms with Gasteiger partial charge in [-0.05, 0) is 18.2 Å². The number of methoxy groups -OCH3 is 1. The van der Waals surface area contributed by atoms with Crippen molar-refractivity contribution in [3.63, 3.8) is 0 Å². The van der Waals surface area contributed by atoms with Crippen LogP contribution < -0.4 is 15.8 Å². The van der Waals surface area contributed by atoms with Crippen LogP contribution in [-0.4, -0.2) is 13.0 Å². The van der Waals surface area contributed by atoms with E-state index in [1.165, 1.54) is 19.2 Å². The standard InChI is InChI=1S/C9H9N3O2/c1-14-8-4-6(2-3-7(8)11)9(13)12-5-10/h2-4H,11H2,1H3,(H,12,13). The van der Waals surface area contributed by atoms with E-state index in [0.29, 0.717) is 17.0 Å². The van der Waals surface area contributed by atoms with Crippen LogP contribution in [0.25, 0.3) is 0 Å². The Kier molecular flexibility index (Phi) is 2.92. The Labute approximate surface area is 81.1 Å². The maximum atomic E-state index is 11.2. The van der Waals surface area contributed by atoms with Crippen molar-refractivity contribution in [2.24, 2.45) is 0 Å². The molecule has 0 atom stereocenters. The summed E-state index contributed by atoms with van der Waals surface area (Å²) in [5.74, 6) is -0.0682. The zero-order chi connectivity index (χ0) is 10.6. The van der Waals surface area contributed by atoms with Gasteiger partial charge < -0.3 is 10.5 Å². The molecule has 0 saturated carbocycles. The maximum absolute atomic E-state index is 11.2. The van der Waals surface area contributed by atoms with E-state index in [0.717, 1.165) is 0 Å². The van der Waals surface area contributed by atoms with Crippen molar-refractivity contribution in [3.05, 3.63) is 23.8 Å². The lowest BCUT2D eigenvalue weighted by Gasteiger charge is -2.05. The zero-order valence-corrected chi connectivity index (χ0v) is 7.57. The van der Waals surface area contributed by atoms with Gasteiger partial charge in [0.2, 0.25) is 0 Å². The van der Waals surface area contributed by atoms with Crippen LogP contribution in [0, 0.1) is 11.5 Å². The van der Waals surface area contributed by atoms with Gasteiger partial charge in [0.05, 0.1) is 12.8 Å². The number of benzene rings is 1. The largest absolute Gasteiger partial charge is 0.495 e. The molecule has 5 heteroatoms. The fourth-order valence-corrected chi connectivity index (χ4v) is 0.975. The number of rotatable bonds is 2. The molecular weight excluding hydrogens is 182 g/mol. The third kappa shape index (κ3) is 1.93. The molecule has 1 aromatic rings. The van der Waals surface area contributed by atoms with Crippen molar-refractivity contribution >= 4 is 11.6 Å². The molecule has 0 aliphatic carbocycles. The van der Waals surface area contributed by atoms with Crippen LogP contribution in [0.2, 0.25) is 0 Å². The van der Waals surface area contributed by atoms with E-state index >= 15 is 0 Å². The fourth-order valence-electron chi connectivity index (χ4n) is 0.975. The smallest absolute Gasteiger partial charge is 0.264 e. The molecule has 0 aromatic heterocycles. The molecule has 0 aliphatic heterocycles. The number of hydrogen-bond acceptors (Lipinski definition) is 4. The van der Waals surface area contributed by atoms with Crippen LogP contribution >= 0.6 is 0 Å². The van der Waals surface area contributed by atoms with E-state index in [-0.39, 0.29) is 0 Å². The number of carbonyl (C=O) groups excluding carboxylic acids is 1. The van der Waals surface area contributed by atoms with Crippen LogP contribution in [0.3, 0.4) is 0 Å². The highest BCUT2D eigenvalue weighted by Gasteiger charge is 2.07. The van der Waals surface area contributed by atoms with Gasteiger partial charge in [0.25, 0.3) is 5.91 Å². The number of nitrogen functional groups attached to an aromatic ring is 1. The van der Waals surface area contributed by atoms with Gasteiger partial charge in [-0.2, -0.15) is 5.26 Å². The number of carbonyl (C=O) groups is 1. The van der Waals surface area contributed by atoms with Crippen molar-refractivity contribution in [1.29, 1.82) is 5.26 Å². The second kappa shape index (κ2) is 4.14. The highest BCUT2D eigenvalue weighted by Crippen LogP contribution is 2.21. The van der Waals surface area contributed by atoms with Gasteiger partial charge in [0, 0.05) is 5.56 Å². The number of anilines is 1. The van der Waals surface area contributed by atoms with Gasteiger partial charge in [-0.1, -0.05) is 0 Å². The molecule has 0 heterocycles. The first kappa shape index (κ1) is 9.86. The minimum absolute atomic E-state index is 0.331. The second-order valence-electron chi connectivity index (χ2n) is 2.52. The molecule has 1 amide bonds. The molecule has 1 aromatic carbocycles. The van der Waals surface area contributed by atoms with Crippen molar-refractivity contribution in [2.75, 3.05) is 12.8 Å². The number of hydrogen-bond donors (Lipinski definition) is 2. The average Bonchev–Trinajstić information content (AvgIpc) is 2.19. The third-order valence-corrected chi connectivity index (χ3v) is 1.67. The lowest BCUT2D eigenvalue weighted by molar-refractivity contribution is 0.0972. The van der Waals surface area contributed by atoms with Crippen molar-refractivity contribution in [3.8, 4) is 11.9 Å². The third-order valence-electron chi connectivity index (χ3n) is 1.67. The lowest BCUT2D eigenvalue weighted by atomic mass is 10.2. The van der Waals surface area contributed by atoms with Gasteiger partial charge in [0.1, 0.15) is 5.75 Å². The quantitative estimate of drug-likeness (QED) is 0.404. The topological polar surface area (TPSA) is 88.1 Å². The van der Waals surface area contributed by atoms with E-state index < -0.39 is 5.91 Å². The predicted octanol–water partition coefficient (Wildman–Crippen LogP) is 0.488. The Morgan fingerprint density at radius 3 is 2.93 bits per heavy atom. The molecule has 0 spiro atoms. The Morgan fingerprint density at radius 1 is 1.64 bits per heavy atom. The zero-order valence-electron chi connectivity index (χ0n) is 7.57. The summed E-state index contributed by atoms with van der Waals surface area (Å²) in [5.41, 5.74) is 6.33. The highest BCUT2D eigenvalue weighted by atomic mass is 16.5. The molecule has 0 bridgehead atoms. The number of nitrogens with two attached hydrogens (primary N) is 1. The van der Waals surface area contributed by atoms with Crippen LogP contribution in [-0.2, 0) is 0 Å². The Bertz CT molecular complexity index is 396. The summed E-state index contributed by atoms with van der Waals surface area (Å²) in [4.78, 5) is 11.2. The van der Waals surface area contributed by atoms with Gasteiger partial charge in [-0.25, -0.2) is 0 Å². The van der Waals surface area contributed by atoms with Crippen molar-refractivity contribution in [2.45, 2.75) is 0 Å². The molecule has 0 fully saturated rings. The molecule has 3 N–H and O–H groups in total. The minimum atomic E-state index is -0.481. The molecule has 1 rings (SSSR count). The van der Waals surface area contributed by atoms with Gasteiger partial charge in [0.15, 0.2) is 6.19 Å². The van der Waals surface area contributed by atoms with E-state index in [2.05, 4.69) is 0 Å². The number of nitrogens with zero attached hydrogens (tertiary/aromatic N) is 1. The molecular formula is C9H9N3O2. The normalized spacial score (nSPS) is 8.86. The molecule has 0 unspecified atom stereocenters. The molecule has 0 aliphatic rings. The minimum Gasteiger partial charge on any atom is -0.495 e. The van der Waals surface area contributed by atoms with E-state index in [1.54, 1.807) is 12.3 Å². The first-order valence-corrected chi connectivity index (χ1v) is 3.82. The molecule has 0 radical (unpaired) electrons. The SMILES string of the molecule is COc1cc(C(=O)NC#N)ccc1N. The van der Waals surface area contributed by atoms with Crippen LogP contribution in [0.1, 0.15) is 10.4 Å². The first-order chi connectivity index (χ1) is 6.69. The van der Waals surface area contributed by atoms with Gasteiger partial charge >= 0.3 is 0 Å². The maximum Gasteiger partial charge on any atom is 0.264 e. The molecule has 14 heavy (non-hydrogen) atoms. The molecule has 5 nitrogen and oxygen atoms in total. The summed E-state index contributed by atoms with van der Waals surface area (Å²) in [6.07, 6.45) is 1.55. The van der Waals surface area contributed by atoms with Crippen molar-refractivity contribution in [1.82, 2.24) is 5.32 Å². The summed E-state index contributed by atoms with van der Waals surface area (Å²) in [6.45, 7) is 0. The van der Waals surface area contributed by atoms with Gasteiger partial charge in [-0.15, -0.1) is 0 Å². The summed E-state index contributed by atoms with van der Waals surface area (Å²) < 4.78 is 4.93. The van der Waals surface area contributed by atoms with Crippen molar-refractivity contribution < 1.29 is 9.53 Å². The van der Waals surface area contributed by atoms with Crippen LogP contribution in [0.4, 0.5) is 5.69 Å². The fraction of sp³-hybridized carbons (Fsp3) is 0.111. The Morgan fingerprint density at radius 2 is 2.36 bits per heavy atom. The van der Waals surface area contributed by atoms with Crippen LogP contribution in [0.15, 0.2) is 18.2 Å². The predicted molar refractivity (Wildman–Crippen MR) is 50.5 cm³/mol. The summed E-state index contributed by atoms with van der Waals surface area (Å²) in [6, 6.07) is 4.54. The second-order valence-corrected chi connectivity index (χ2v) is 2.52. The number of ether oxygens (including phenoxy) is 1. The summed E-state index contributed by atoms with van der Waals surface area (Å²) in [5, 5.41) is 10.2. The van der Waals surface area contributed by atoms with E-state index in [1.807, 2.05) is 5.32 Å². The molecule has 0 saturated heterocycles. The van der Waals surface area contributed by atoms with Crippen LogP contribution in [0.5, 0.6) is 5.75 Å². The average molecular weight is 191 g/mol. The highest BCUT2D eigenvalue weighted by molar-refractivity contribution is 5.96. The lowest BCUT2D eigenvalue weighted by Crippen LogP contribution is -2.17. The van der Waals surface area contributed by atoms with Gasteiger partial charge in [-0.3, -0.25) is 10.1 Å². The summed E-state index contributed by atoms with van der Waals surface area (Å²) >= 11 is 0. The monoisotopic (exact) mass is 191 g/mol. The Hall–Kier alpha value is -2.22. The number of amides is 1. The molecule has 72 valence electrons. The van der Waals surface area contributed by atoms with E-state index in [4.69, 9.17) is 15.7 Å². The Balaban J connectivity index is 3.01. The summed E-state index contributed by atoms with van der Waals surface area (Å²) in [7, 11) is 1.46. The number of nitriles is 1. The first-order valence-electron chi connectivity index (χ1n) is 3.82.